The Bertz CT molecular complexity index is 684. The van der Waals surface area contributed by atoms with E-state index in [4.69, 9.17) is 11.1 Å². The van der Waals surface area contributed by atoms with Crippen LogP contribution >= 0.6 is 11.8 Å². The van der Waals surface area contributed by atoms with E-state index in [1.54, 1.807) is 6.20 Å². The van der Waals surface area contributed by atoms with Crippen molar-refractivity contribution in [2.45, 2.75) is 47.8 Å². The first kappa shape index (κ1) is 12.8. The maximum absolute atomic E-state index is 7.39. The van der Waals surface area contributed by atoms with Gasteiger partial charge in [-0.15, -0.1) is 10.2 Å². The summed E-state index contributed by atoms with van der Waals surface area (Å²) < 4.78 is 2.31. The lowest BCUT2D eigenvalue weighted by molar-refractivity contribution is 0.626. The number of nitrogens with one attached hydrogen (secondary N) is 1. The fourth-order valence-corrected chi connectivity index (χ4v) is 3.20. The second-order valence-electron chi connectivity index (χ2n) is 5.62. The summed E-state index contributed by atoms with van der Waals surface area (Å²) in [5, 5.41) is 17.9. The van der Waals surface area contributed by atoms with Crippen molar-refractivity contribution in [3.63, 3.8) is 0 Å². The van der Waals surface area contributed by atoms with E-state index in [9.17, 15) is 0 Å². The van der Waals surface area contributed by atoms with E-state index >= 15 is 0 Å². The van der Waals surface area contributed by atoms with Crippen molar-refractivity contribution in [3.05, 3.63) is 29.7 Å². The van der Waals surface area contributed by atoms with Gasteiger partial charge in [-0.2, -0.15) is 0 Å². The fraction of sp³-hybridized carbons (Fsp3) is 0.429. The lowest BCUT2D eigenvalue weighted by Gasteiger charge is -2.07. The molecular formula is C14H16N6S. The fourth-order valence-electron chi connectivity index (χ4n) is 2.35. The molecule has 2 saturated carbocycles. The van der Waals surface area contributed by atoms with E-state index in [0.717, 1.165) is 16.0 Å². The first-order chi connectivity index (χ1) is 10.2. The van der Waals surface area contributed by atoms with Crippen LogP contribution in [-0.4, -0.2) is 25.6 Å². The average molecular weight is 300 g/mol. The van der Waals surface area contributed by atoms with Crippen molar-refractivity contribution in [1.82, 2.24) is 19.7 Å². The molecule has 4 rings (SSSR count). The zero-order valence-corrected chi connectivity index (χ0v) is 12.3. The molecule has 108 valence electrons. The van der Waals surface area contributed by atoms with Gasteiger partial charge >= 0.3 is 0 Å². The molecule has 2 aliphatic carbocycles. The van der Waals surface area contributed by atoms with Crippen molar-refractivity contribution in [3.8, 4) is 0 Å². The van der Waals surface area contributed by atoms with Gasteiger partial charge in [-0.25, -0.2) is 4.98 Å². The second kappa shape index (κ2) is 4.84. The van der Waals surface area contributed by atoms with Crippen LogP contribution in [0.25, 0.3) is 0 Å². The van der Waals surface area contributed by atoms with Crippen LogP contribution in [0.1, 0.15) is 49.0 Å². The molecule has 6 nitrogen and oxygen atoms in total. The van der Waals surface area contributed by atoms with Crippen LogP contribution in [0.3, 0.4) is 0 Å². The van der Waals surface area contributed by atoms with Gasteiger partial charge in [0.2, 0.25) is 0 Å². The molecule has 21 heavy (non-hydrogen) atoms. The van der Waals surface area contributed by atoms with Crippen LogP contribution in [0.4, 0.5) is 0 Å². The highest BCUT2D eigenvalue weighted by Crippen LogP contribution is 2.46. The molecule has 2 aromatic rings. The first-order valence-electron chi connectivity index (χ1n) is 7.15. The van der Waals surface area contributed by atoms with Gasteiger partial charge in [0.15, 0.2) is 5.16 Å². The quantitative estimate of drug-likeness (QED) is 0.653. The summed E-state index contributed by atoms with van der Waals surface area (Å²) in [4.78, 5) is 4.35. The number of hydrogen-bond acceptors (Lipinski definition) is 5. The minimum atomic E-state index is 0.0382. The van der Waals surface area contributed by atoms with Crippen molar-refractivity contribution in [1.29, 1.82) is 5.41 Å². The van der Waals surface area contributed by atoms with Crippen molar-refractivity contribution in [2.24, 2.45) is 5.73 Å². The number of nitrogen functional groups attached to an aromatic ring is 1. The molecule has 0 spiro atoms. The summed E-state index contributed by atoms with van der Waals surface area (Å²) in [5.41, 5.74) is 6.08. The van der Waals surface area contributed by atoms with Crippen LogP contribution in [0.5, 0.6) is 0 Å². The highest BCUT2D eigenvalue weighted by molar-refractivity contribution is 7.99. The number of nitrogens with two attached hydrogens (primary N) is 1. The summed E-state index contributed by atoms with van der Waals surface area (Å²) in [6.07, 6.45) is 6.55. The van der Waals surface area contributed by atoms with Gasteiger partial charge in [0.25, 0.3) is 0 Å². The average Bonchev–Trinajstić information content (AvgIpc) is 3.39. The van der Waals surface area contributed by atoms with Crippen LogP contribution < -0.4 is 5.73 Å². The van der Waals surface area contributed by atoms with Crippen LogP contribution in [-0.2, 0) is 0 Å². The Balaban J connectivity index is 1.60. The highest BCUT2D eigenvalue weighted by atomic mass is 32.2. The van der Waals surface area contributed by atoms with Crippen molar-refractivity contribution >= 4 is 17.6 Å². The summed E-state index contributed by atoms with van der Waals surface area (Å²) in [5.74, 6) is 1.80. The molecule has 2 fully saturated rings. The van der Waals surface area contributed by atoms with Gasteiger partial charge in [-0.05, 0) is 49.6 Å². The molecule has 3 N–H and O–H groups in total. The molecule has 0 amide bonds. The Morgan fingerprint density at radius 3 is 2.62 bits per heavy atom. The minimum absolute atomic E-state index is 0.0382. The number of aromatic nitrogens is 4. The smallest absolute Gasteiger partial charge is 0.197 e. The Morgan fingerprint density at radius 2 is 2.05 bits per heavy atom. The van der Waals surface area contributed by atoms with E-state index in [2.05, 4.69) is 19.7 Å². The van der Waals surface area contributed by atoms with Crippen molar-refractivity contribution in [2.75, 3.05) is 0 Å². The predicted octanol–water partition coefficient (Wildman–Crippen LogP) is 2.32. The monoisotopic (exact) mass is 300 g/mol. The number of pyridine rings is 1. The number of rotatable bonds is 5. The summed E-state index contributed by atoms with van der Waals surface area (Å²) in [6.45, 7) is 0. The number of hydrogen-bond donors (Lipinski definition) is 2. The Kier molecular flexibility index (Phi) is 2.95. The van der Waals surface area contributed by atoms with Crippen LogP contribution in [0.2, 0.25) is 0 Å². The third-order valence-electron chi connectivity index (χ3n) is 3.79. The summed E-state index contributed by atoms with van der Waals surface area (Å²) in [6, 6.07) is 4.27. The maximum Gasteiger partial charge on any atom is 0.197 e. The number of nitrogens with zero attached hydrogens (tertiary/aromatic N) is 4. The largest absolute Gasteiger partial charge is 0.384 e. The Morgan fingerprint density at radius 1 is 1.24 bits per heavy atom. The molecule has 2 aliphatic rings. The van der Waals surface area contributed by atoms with Crippen LogP contribution in [0, 0.1) is 5.41 Å². The molecule has 0 bridgehead atoms. The normalized spacial score (nSPS) is 17.9. The van der Waals surface area contributed by atoms with Gasteiger partial charge in [0.05, 0.1) is 0 Å². The molecule has 0 unspecified atom stereocenters. The van der Waals surface area contributed by atoms with Crippen molar-refractivity contribution < 1.29 is 0 Å². The topological polar surface area (TPSA) is 93.5 Å². The first-order valence-corrected chi connectivity index (χ1v) is 7.97. The molecular weight excluding hydrogens is 284 g/mol. The van der Waals surface area contributed by atoms with Gasteiger partial charge in [0, 0.05) is 23.7 Å². The molecule has 0 aliphatic heterocycles. The van der Waals surface area contributed by atoms with Gasteiger partial charge < -0.3 is 10.3 Å². The molecule has 0 atom stereocenters. The Labute approximate surface area is 126 Å². The van der Waals surface area contributed by atoms with E-state index in [1.807, 2.05) is 12.1 Å². The van der Waals surface area contributed by atoms with Gasteiger partial charge in [-0.1, -0.05) is 0 Å². The maximum atomic E-state index is 7.39. The molecule has 0 saturated heterocycles. The predicted molar refractivity (Wildman–Crippen MR) is 79.6 cm³/mol. The molecule has 0 radical (unpaired) electrons. The lowest BCUT2D eigenvalue weighted by atomic mass is 10.3. The summed E-state index contributed by atoms with van der Waals surface area (Å²) in [7, 11) is 0. The van der Waals surface area contributed by atoms with E-state index in [0.29, 0.717) is 17.5 Å². The SMILES string of the molecule is N=C(N)c1ccc(Sc2nnc(C3CC3)n2C2CC2)nc1. The van der Waals surface area contributed by atoms with E-state index in [1.165, 1.54) is 37.4 Å². The number of amidine groups is 1. The molecule has 0 aromatic carbocycles. The molecule has 7 heteroatoms. The van der Waals surface area contributed by atoms with E-state index < -0.39 is 0 Å². The summed E-state index contributed by atoms with van der Waals surface area (Å²) >= 11 is 1.54. The van der Waals surface area contributed by atoms with Gasteiger partial charge in [-0.3, -0.25) is 5.41 Å². The third kappa shape index (κ3) is 2.53. The standard InChI is InChI=1S/C14H16N6S/c15-12(16)9-3-6-11(17-7-9)21-14-19-18-13(8-1-2-8)20(14)10-4-5-10/h3,6-8,10H,1-2,4-5H2,(H3,15,16). The van der Waals surface area contributed by atoms with Crippen LogP contribution in [0.15, 0.2) is 28.5 Å². The third-order valence-corrected chi connectivity index (χ3v) is 4.70. The molecule has 2 aromatic heterocycles. The van der Waals surface area contributed by atoms with Gasteiger partial charge in [0.1, 0.15) is 16.7 Å². The zero-order chi connectivity index (χ0) is 14.4. The highest BCUT2D eigenvalue weighted by Gasteiger charge is 2.36. The molecule has 2 heterocycles. The second-order valence-corrected chi connectivity index (χ2v) is 6.60. The Hall–Kier alpha value is -1.89. The lowest BCUT2D eigenvalue weighted by Crippen LogP contribution is -2.11. The van der Waals surface area contributed by atoms with E-state index in [-0.39, 0.29) is 5.84 Å². The minimum Gasteiger partial charge on any atom is -0.384 e. The zero-order valence-electron chi connectivity index (χ0n) is 11.5.